The number of hydrogen-bond donors (Lipinski definition) is 1. The second-order valence-electron chi connectivity index (χ2n) is 4.07. The fraction of sp³-hybridized carbons (Fsp3) is 0.333. The number of rotatable bonds is 5. The van der Waals surface area contributed by atoms with Gasteiger partial charge in [-0.3, -0.25) is 9.67 Å². The molecule has 2 rings (SSSR count). The standard InChI is InChI=1S/C12H15ClN4/c1-10(9-17-6-2-4-16-17)7-15-12-3-5-14-8-11(12)13/h2-6,8,10H,7,9H2,1H3,(H,14,15). The van der Waals surface area contributed by atoms with Crippen LogP contribution in [0.15, 0.2) is 36.9 Å². The molecule has 0 bridgehead atoms. The van der Waals surface area contributed by atoms with E-state index in [9.17, 15) is 0 Å². The Balaban J connectivity index is 1.84. The fourth-order valence-corrected chi connectivity index (χ4v) is 1.78. The van der Waals surface area contributed by atoms with Crippen LogP contribution in [0.1, 0.15) is 6.92 Å². The second kappa shape index (κ2) is 5.68. The molecule has 17 heavy (non-hydrogen) atoms. The van der Waals surface area contributed by atoms with Crippen molar-refractivity contribution in [2.75, 3.05) is 11.9 Å². The molecule has 0 aliphatic heterocycles. The van der Waals surface area contributed by atoms with Gasteiger partial charge in [0.05, 0.1) is 10.7 Å². The first-order chi connectivity index (χ1) is 8.25. The van der Waals surface area contributed by atoms with Crippen LogP contribution in [-0.2, 0) is 6.54 Å². The van der Waals surface area contributed by atoms with Crippen molar-refractivity contribution in [3.05, 3.63) is 41.9 Å². The summed E-state index contributed by atoms with van der Waals surface area (Å²) in [6, 6.07) is 3.81. The van der Waals surface area contributed by atoms with Gasteiger partial charge in [-0.05, 0) is 18.1 Å². The van der Waals surface area contributed by atoms with Crippen molar-refractivity contribution in [3.63, 3.8) is 0 Å². The zero-order chi connectivity index (χ0) is 12.1. The molecule has 1 atom stereocenters. The third-order valence-corrected chi connectivity index (χ3v) is 2.77. The first kappa shape index (κ1) is 11.9. The lowest BCUT2D eigenvalue weighted by atomic mass is 10.2. The summed E-state index contributed by atoms with van der Waals surface area (Å²) in [4.78, 5) is 3.95. The number of aromatic nitrogens is 3. The molecular formula is C12H15ClN4. The number of pyridine rings is 1. The van der Waals surface area contributed by atoms with Gasteiger partial charge in [0.1, 0.15) is 0 Å². The van der Waals surface area contributed by atoms with Crippen LogP contribution in [0.3, 0.4) is 0 Å². The minimum atomic E-state index is 0.471. The van der Waals surface area contributed by atoms with Gasteiger partial charge in [-0.2, -0.15) is 5.10 Å². The summed E-state index contributed by atoms with van der Waals surface area (Å²) in [5.41, 5.74) is 0.925. The summed E-state index contributed by atoms with van der Waals surface area (Å²) >= 11 is 6.01. The van der Waals surface area contributed by atoms with Crippen LogP contribution in [0.5, 0.6) is 0 Å². The van der Waals surface area contributed by atoms with Gasteiger partial charge in [0.15, 0.2) is 0 Å². The highest BCUT2D eigenvalue weighted by molar-refractivity contribution is 6.33. The molecule has 90 valence electrons. The molecule has 1 N–H and O–H groups in total. The van der Waals surface area contributed by atoms with Crippen molar-refractivity contribution in [1.82, 2.24) is 14.8 Å². The molecule has 0 aliphatic carbocycles. The van der Waals surface area contributed by atoms with Gasteiger partial charge in [0.2, 0.25) is 0 Å². The first-order valence-electron chi connectivity index (χ1n) is 5.56. The van der Waals surface area contributed by atoms with Crippen LogP contribution < -0.4 is 5.32 Å². The Kier molecular flexibility index (Phi) is 3.98. The molecule has 0 saturated carbocycles. The number of nitrogens with zero attached hydrogens (tertiary/aromatic N) is 3. The summed E-state index contributed by atoms with van der Waals surface area (Å²) in [7, 11) is 0. The Morgan fingerprint density at radius 2 is 2.35 bits per heavy atom. The van der Waals surface area contributed by atoms with Crippen LogP contribution in [0.25, 0.3) is 0 Å². The normalized spacial score (nSPS) is 12.4. The minimum absolute atomic E-state index is 0.471. The van der Waals surface area contributed by atoms with Crippen molar-refractivity contribution in [2.24, 2.45) is 5.92 Å². The smallest absolute Gasteiger partial charge is 0.0820 e. The molecule has 0 amide bonds. The van der Waals surface area contributed by atoms with E-state index in [1.807, 2.05) is 23.0 Å². The van der Waals surface area contributed by atoms with Crippen LogP contribution in [0, 0.1) is 5.92 Å². The number of hydrogen-bond acceptors (Lipinski definition) is 3. The van der Waals surface area contributed by atoms with Gasteiger partial charge in [0, 0.05) is 37.9 Å². The average Bonchev–Trinajstić information content (AvgIpc) is 2.81. The molecule has 0 spiro atoms. The fourth-order valence-electron chi connectivity index (χ4n) is 1.60. The van der Waals surface area contributed by atoms with Crippen LogP contribution in [0.2, 0.25) is 5.02 Å². The quantitative estimate of drug-likeness (QED) is 0.887. The van der Waals surface area contributed by atoms with E-state index in [2.05, 4.69) is 22.3 Å². The molecule has 0 fully saturated rings. The molecule has 4 nitrogen and oxygen atoms in total. The Morgan fingerprint density at radius 3 is 3.06 bits per heavy atom. The molecule has 2 aromatic heterocycles. The van der Waals surface area contributed by atoms with E-state index < -0.39 is 0 Å². The monoisotopic (exact) mass is 250 g/mol. The largest absolute Gasteiger partial charge is 0.383 e. The van der Waals surface area contributed by atoms with E-state index in [1.165, 1.54) is 0 Å². The Hall–Kier alpha value is -1.55. The van der Waals surface area contributed by atoms with Crippen molar-refractivity contribution < 1.29 is 0 Å². The van der Waals surface area contributed by atoms with E-state index >= 15 is 0 Å². The van der Waals surface area contributed by atoms with Crippen molar-refractivity contribution >= 4 is 17.3 Å². The van der Waals surface area contributed by atoms with Gasteiger partial charge in [-0.25, -0.2) is 0 Å². The van der Waals surface area contributed by atoms with Gasteiger partial charge in [-0.1, -0.05) is 18.5 Å². The highest BCUT2D eigenvalue weighted by atomic mass is 35.5. The highest BCUT2D eigenvalue weighted by Crippen LogP contribution is 2.19. The number of anilines is 1. The molecule has 1 unspecified atom stereocenters. The molecule has 0 radical (unpaired) electrons. The van der Waals surface area contributed by atoms with Crippen LogP contribution >= 0.6 is 11.6 Å². The SMILES string of the molecule is CC(CNc1ccncc1Cl)Cn1cccn1. The van der Waals surface area contributed by atoms with Gasteiger partial charge >= 0.3 is 0 Å². The maximum absolute atomic E-state index is 6.01. The molecule has 2 aromatic rings. The van der Waals surface area contributed by atoms with Gasteiger partial charge in [-0.15, -0.1) is 0 Å². The predicted molar refractivity (Wildman–Crippen MR) is 69.1 cm³/mol. The maximum atomic E-state index is 6.01. The lowest BCUT2D eigenvalue weighted by Gasteiger charge is -2.14. The highest BCUT2D eigenvalue weighted by Gasteiger charge is 2.05. The van der Waals surface area contributed by atoms with E-state index in [4.69, 9.17) is 11.6 Å². The molecule has 5 heteroatoms. The molecule has 0 saturated heterocycles. The van der Waals surface area contributed by atoms with Crippen molar-refractivity contribution in [2.45, 2.75) is 13.5 Å². The van der Waals surface area contributed by atoms with E-state index in [0.717, 1.165) is 18.8 Å². The zero-order valence-electron chi connectivity index (χ0n) is 9.68. The van der Waals surface area contributed by atoms with E-state index in [-0.39, 0.29) is 0 Å². The van der Waals surface area contributed by atoms with E-state index in [1.54, 1.807) is 18.6 Å². The summed E-state index contributed by atoms with van der Waals surface area (Å²) in [6.07, 6.45) is 7.13. The van der Waals surface area contributed by atoms with Gasteiger partial charge < -0.3 is 5.32 Å². The summed E-state index contributed by atoms with van der Waals surface area (Å²) < 4.78 is 1.93. The Labute approximate surface area is 106 Å². The van der Waals surface area contributed by atoms with Crippen LogP contribution in [-0.4, -0.2) is 21.3 Å². The molecule has 0 aliphatic rings. The topological polar surface area (TPSA) is 42.7 Å². The second-order valence-corrected chi connectivity index (χ2v) is 4.48. The Morgan fingerprint density at radius 1 is 1.47 bits per heavy atom. The third-order valence-electron chi connectivity index (χ3n) is 2.47. The lowest BCUT2D eigenvalue weighted by molar-refractivity contribution is 0.468. The first-order valence-corrected chi connectivity index (χ1v) is 5.94. The number of nitrogens with one attached hydrogen (secondary N) is 1. The lowest BCUT2D eigenvalue weighted by Crippen LogP contribution is -2.17. The summed E-state index contributed by atoms with van der Waals surface area (Å²) in [5.74, 6) is 0.471. The third kappa shape index (κ3) is 3.46. The number of halogens is 1. The summed E-state index contributed by atoms with van der Waals surface area (Å²) in [6.45, 7) is 3.91. The summed E-state index contributed by atoms with van der Waals surface area (Å²) in [5, 5.41) is 8.15. The minimum Gasteiger partial charge on any atom is -0.383 e. The maximum Gasteiger partial charge on any atom is 0.0820 e. The van der Waals surface area contributed by atoms with E-state index in [0.29, 0.717) is 10.9 Å². The van der Waals surface area contributed by atoms with Gasteiger partial charge in [0.25, 0.3) is 0 Å². The predicted octanol–water partition coefficient (Wildman–Crippen LogP) is 2.68. The molecule has 2 heterocycles. The molecule has 0 aromatic carbocycles. The van der Waals surface area contributed by atoms with Crippen molar-refractivity contribution in [3.8, 4) is 0 Å². The van der Waals surface area contributed by atoms with Crippen molar-refractivity contribution in [1.29, 1.82) is 0 Å². The Bertz CT molecular complexity index is 455. The average molecular weight is 251 g/mol. The zero-order valence-corrected chi connectivity index (χ0v) is 10.4. The molecular weight excluding hydrogens is 236 g/mol. The van der Waals surface area contributed by atoms with Crippen LogP contribution in [0.4, 0.5) is 5.69 Å².